The molecule has 3 nitrogen and oxygen atoms in total. The zero-order valence-electron chi connectivity index (χ0n) is 10.6. The summed E-state index contributed by atoms with van der Waals surface area (Å²) in [6.45, 7) is 5.04. The van der Waals surface area contributed by atoms with Gasteiger partial charge in [-0.1, -0.05) is 19.3 Å². The van der Waals surface area contributed by atoms with Gasteiger partial charge in [-0.15, -0.1) is 0 Å². The molecular weight excluding hydrogens is 200 g/mol. The molecule has 2 aliphatic rings. The van der Waals surface area contributed by atoms with Crippen molar-refractivity contribution in [3.8, 4) is 0 Å². The second kappa shape index (κ2) is 5.03. The smallest absolute Gasteiger partial charge is 0.0646 e. The van der Waals surface area contributed by atoms with E-state index in [-0.39, 0.29) is 11.1 Å². The van der Waals surface area contributed by atoms with E-state index in [0.29, 0.717) is 0 Å². The first-order valence-electron chi connectivity index (χ1n) is 6.74. The van der Waals surface area contributed by atoms with Gasteiger partial charge in [-0.3, -0.25) is 0 Å². The highest BCUT2D eigenvalue weighted by molar-refractivity contribution is 4.91. The Bertz CT molecular complexity index is 218. The SMILES string of the molecule is CC1(NCCC2(N)CCCCC2)CCOC1. The lowest BCUT2D eigenvalue weighted by Gasteiger charge is -2.35. The zero-order valence-corrected chi connectivity index (χ0v) is 10.6. The maximum absolute atomic E-state index is 6.42. The van der Waals surface area contributed by atoms with Gasteiger partial charge in [0.1, 0.15) is 0 Å². The largest absolute Gasteiger partial charge is 0.379 e. The van der Waals surface area contributed by atoms with E-state index in [1.54, 1.807) is 0 Å². The summed E-state index contributed by atoms with van der Waals surface area (Å²) in [4.78, 5) is 0. The molecular formula is C13H26N2O. The summed E-state index contributed by atoms with van der Waals surface area (Å²) in [6.07, 6.45) is 8.67. The quantitative estimate of drug-likeness (QED) is 0.768. The molecule has 1 saturated heterocycles. The standard InChI is InChI=1S/C13H26N2O/c1-12(8-10-16-11-12)15-9-7-13(14)5-3-2-4-6-13/h15H,2-11,14H2,1H3. The molecule has 0 aromatic heterocycles. The zero-order chi connectivity index (χ0) is 11.5. The summed E-state index contributed by atoms with van der Waals surface area (Å²) in [5.74, 6) is 0. The van der Waals surface area contributed by atoms with Crippen LogP contribution in [0.3, 0.4) is 0 Å². The molecule has 0 aromatic carbocycles. The van der Waals surface area contributed by atoms with Crippen LogP contribution in [0.25, 0.3) is 0 Å². The lowest BCUT2D eigenvalue weighted by atomic mass is 9.80. The van der Waals surface area contributed by atoms with Gasteiger partial charge in [0.25, 0.3) is 0 Å². The second-order valence-electron chi connectivity index (χ2n) is 5.96. The average Bonchev–Trinajstić information content (AvgIpc) is 2.66. The fourth-order valence-electron chi connectivity index (χ4n) is 2.93. The Hall–Kier alpha value is -0.120. The number of nitrogens with one attached hydrogen (secondary N) is 1. The van der Waals surface area contributed by atoms with Crippen molar-refractivity contribution >= 4 is 0 Å². The number of nitrogens with two attached hydrogens (primary N) is 1. The lowest BCUT2D eigenvalue weighted by Crippen LogP contribution is -2.48. The first-order valence-corrected chi connectivity index (χ1v) is 6.74. The molecule has 0 aromatic rings. The number of hydrogen-bond acceptors (Lipinski definition) is 3. The summed E-state index contributed by atoms with van der Waals surface area (Å²) in [5.41, 5.74) is 6.73. The molecule has 1 aliphatic carbocycles. The van der Waals surface area contributed by atoms with Crippen LogP contribution in [-0.4, -0.2) is 30.8 Å². The maximum atomic E-state index is 6.42. The Morgan fingerprint density at radius 2 is 1.94 bits per heavy atom. The summed E-state index contributed by atoms with van der Waals surface area (Å²) in [5, 5.41) is 3.63. The van der Waals surface area contributed by atoms with Crippen molar-refractivity contribution in [2.24, 2.45) is 5.73 Å². The van der Waals surface area contributed by atoms with E-state index in [4.69, 9.17) is 10.5 Å². The van der Waals surface area contributed by atoms with Crippen molar-refractivity contribution in [1.29, 1.82) is 0 Å². The first-order chi connectivity index (χ1) is 7.62. The average molecular weight is 226 g/mol. The third-order valence-corrected chi connectivity index (χ3v) is 4.24. The monoisotopic (exact) mass is 226 g/mol. The van der Waals surface area contributed by atoms with Gasteiger partial charge in [0.2, 0.25) is 0 Å². The molecule has 1 unspecified atom stereocenters. The highest BCUT2D eigenvalue weighted by Gasteiger charge is 2.31. The Morgan fingerprint density at radius 3 is 2.56 bits per heavy atom. The first kappa shape index (κ1) is 12.3. The summed E-state index contributed by atoms with van der Waals surface area (Å²) in [7, 11) is 0. The third kappa shape index (κ3) is 3.19. The molecule has 2 fully saturated rings. The Morgan fingerprint density at radius 1 is 1.19 bits per heavy atom. The molecule has 94 valence electrons. The molecule has 3 N–H and O–H groups in total. The van der Waals surface area contributed by atoms with Crippen LogP contribution in [0.15, 0.2) is 0 Å². The second-order valence-corrected chi connectivity index (χ2v) is 5.96. The van der Waals surface area contributed by atoms with Crippen molar-refractivity contribution < 1.29 is 4.74 Å². The van der Waals surface area contributed by atoms with Crippen LogP contribution in [-0.2, 0) is 4.74 Å². The molecule has 1 saturated carbocycles. The number of ether oxygens (including phenoxy) is 1. The topological polar surface area (TPSA) is 47.3 Å². The van der Waals surface area contributed by atoms with Crippen LogP contribution >= 0.6 is 0 Å². The number of hydrogen-bond donors (Lipinski definition) is 2. The normalized spacial score (nSPS) is 34.1. The minimum absolute atomic E-state index is 0.112. The predicted molar refractivity (Wildman–Crippen MR) is 66.5 cm³/mol. The molecule has 16 heavy (non-hydrogen) atoms. The van der Waals surface area contributed by atoms with Gasteiger partial charge in [0.05, 0.1) is 6.61 Å². The highest BCUT2D eigenvalue weighted by Crippen LogP contribution is 2.28. The van der Waals surface area contributed by atoms with E-state index < -0.39 is 0 Å². The van der Waals surface area contributed by atoms with Crippen LogP contribution < -0.4 is 11.1 Å². The molecule has 2 rings (SSSR count). The molecule has 1 aliphatic heterocycles. The molecule has 0 radical (unpaired) electrons. The molecule has 1 atom stereocenters. The van der Waals surface area contributed by atoms with Gasteiger partial charge in [0.15, 0.2) is 0 Å². The Kier molecular flexibility index (Phi) is 3.88. The lowest BCUT2D eigenvalue weighted by molar-refractivity contribution is 0.169. The van der Waals surface area contributed by atoms with Crippen molar-refractivity contribution in [3.05, 3.63) is 0 Å². The van der Waals surface area contributed by atoms with Gasteiger partial charge >= 0.3 is 0 Å². The van der Waals surface area contributed by atoms with E-state index in [1.165, 1.54) is 32.1 Å². The van der Waals surface area contributed by atoms with Crippen LogP contribution in [0.5, 0.6) is 0 Å². The van der Waals surface area contributed by atoms with Crippen LogP contribution in [0, 0.1) is 0 Å². The van der Waals surface area contributed by atoms with Crippen LogP contribution in [0.2, 0.25) is 0 Å². The molecule has 1 heterocycles. The van der Waals surface area contributed by atoms with Gasteiger partial charge in [0, 0.05) is 17.7 Å². The highest BCUT2D eigenvalue weighted by atomic mass is 16.5. The summed E-state index contributed by atoms with van der Waals surface area (Å²) < 4.78 is 5.43. The van der Waals surface area contributed by atoms with E-state index in [1.807, 2.05) is 0 Å². The summed E-state index contributed by atoms with van der Waals surface area (Å²) in [6, 6.07) is 0. The minimum atomic E-state index is 0.112. The van der Waals surface area contributed by atoms with E-state index in [0.717, 1.165) is 32.6 Å². The van der Waals surface area contributed by atoms with Crippen molar-refractivity contribution in [3.63, 3.8) is 0 Å². The van der Waals surface area contributed by atoms with Crippen molar-refractivity contribution in [1.82, 2.24) is 5.32 Å². The van der Waals surface area contributed by atoms with Gasteiger partial charge < -0.3 is 15.8 Å². The van der Waals surface area contributed by atoms with Gasteiger partial charge in [-0.2, -0.15) is 0 Å². The number of rotatable bonds is 4. The van der Waals surface area contributed by atoms with Gasteiger partial charge in [-0.25, -0.2) is 0 Å². The van der Waals surface area contributed by atoms with Crippen LogP contribution in [0.1, 0.15) is 51.9 Å². The molecule has 0 bridgehead atoms. The molecule has 3 heteroatoms. The van der Waals surface area contributed by atoms with Crippen molar-refractivity contribution in [2.75, 3.05) is 19.8 Å². The van der Waals surface area contributed by atoms with Crippen LogP contribution in [0.4, 0.5) is 0 Å². The predicted octanol–water partition coefficient (Wildman–Crippen LogP) is 1.81. The summed E-state index contributed by atoms with van der Waals surface area (Å²) >= 11 is 0. The minimum Gasteiger partial charge on any atom is -0.379 e. The van der Waals surface area contributed by atoms with Crippen molar-refractivity contribution in [2.45, 2.75) is 62.9 Å². The van der Waals surface area contributed by atoms with E-state index in [9.17, 15) is 0 Å². The molecule has 0 amide bonds. The maximum Gasteiger partial charge on any atom is 0.0646 e. The van der Waals surface area contributed by atoms with Gasteiger partial charge in [-0.05, 0) is 39.2 Å². The Balaban J connectivity index is 1.70. The fraction of sp³-hybridized carbons (Fsp3) is 1.00. The molecule has 0 spiro atoms. The Labute approximate surface area is 99.1 Å². The third-order valence-electron chi connectivity index (χ3n) is 4.24. The van der Waals surface area contributed by atoms with E-state index >= 15 is 0 Å². The fourth-order valence-corrected chi connectivity index (χ4v) is 2.93. The van der Waals surface area contributed by atoms with E-state index in [2.05, 4.69) is 12.2 Å².